The Morgan fingerprint density at radius 1 is 1.19 bits per heavy atom. The molecule has 3 N–H and O–H groups in total. The van der Waals surface area contributed by atoms with E-state index in [1.165, 1.54) is 0 Å². The molecule has 0 bridgehead atoms. The molecule has 1 heterocycles. The summed E-state index contributed by atoms with van der Waals surface area (Å²) < 4.78 is 0.701. The van der Waals surface area contributed by atoms with E-state index < -0.39 is 0 Å². The Morgan fingerprint density at radius 3 is 2.90 bits per heavy atom. The first kappa shape index (κ1) is 13.6. The average Bonchev–Trinajstić information content (AvgIpc) is 2.50. The van der Waals surface area contributed by atoms with Crippen molar-refractivity contribution in [1.82, 2.24) is 4.98 Å². The second kappa shape index (κ2) is 5.54. The number of carbonyl (C=O) groups is 1. The van der Waals surface area contributed by atoms with Gasteiger partial charge in [0.1, 0.15) is 0 Å². The van der Waals surface area contributed by atoms with Gasteiger partial charge in [0.05, 0.1) is 11.3 Å². The predicted octanol–water partition coefficient (Wildman–Crippen LogP) is 3.83. The predicted molar refractivity (Wildman–Crippen MR) is 88.3 cm³/mol. The minimum atomic E-state index is -0.217. The molecule has 21 heavy (non-hydrogen) atoms. The topological polar surface area (TPSA) is 68.0 Å². The number of hydrogen-bond donors (Lipinski definition) is 2. The number of hydrogen-bond acceptors (Lipinski definition) is 3. The Hall–Kier alpha value is -2.40. The van der Waals surface area contributed by atoms with Crippen molar-refractivity contribution >= 4 is 44.0 Å². The van der Waals surface area contributed by atoms with Gasteiger partial charge >= 0.3 is 0 Å². The molecule has 0 spiro atoms. The van der Waals surface area contributed by atoms with E-state index in [2.05, 4.69) is 26.2 Å². The van der Waals surface area contributed by atoms with Gasteiger partial charge in [0.25, 0.3) is 5.91 Å². The maximum absolute atomic E-state index is 12.4. The number of fused-ring (bicyclic) bond motifs is 1. The van der Waals surface area contributed by atoms with Gasteiger partial charge in [0, 0.05) is 27.9 Å². The van der Waals surface area contributed by atoms with E-state index in [9.17, 15) is 4.79 Å². The van der Waals surface area contributed by atoms with Crippen LogP contribution in [0.4, 0.5) is 11.4 Å². The summed E-state index contributed by atoms with van der Waals surface area (Å²) in [6.07, 6.45) is 3.46. The van der Waals surface area contributed by atoms with Crippen LogP contribution in [0.3, 0.4) is 0 Å². The van der Waals surface area contributed by atoms with Gasteiger partial charge in [-0.05, 0) is 51.6 Å². The van der Waals surface area contributed by atoms with E-state index in [0.29, 0.717) is 15.7 Å². The van der Waals surface area contributed by atoms with Crippen molar-refractivity contribution < 1.29 is 4.79 Å². The lowest BCUT2D eigenvalue weighted by molar-refractivity contribution is 0.102. The van der Waals surface area contributed by atoms with E-state index >= 15 is 0 Å². The van der Waals surface area contributed by atoms with E-state index in [1.807, 2.05) is 24.3 Å². The first-order valence-corrected chi connectivity index (χ1v) is 7.13. The number of rotatable bonds is 2. The van der Waals surface area contributed by atoms with Crippen LogP contribution in [0.15, 0.2) is 59.3 Å². The Bertz CT molecular complexity index is 827. The maximum Gasteiger partial charge on any atom is 0.256 e. The van der Waals surface area contributed by atoms with Crippen LogP contribution < -0.4 is 11.1 Å². The third-order valence-electron chi connectivity index (χ3n) is 3.17. The number of pyridine rings is 1. The smallest absolute Gasteiger partial charge is 0.256 e. The fourth-order valence-electron chi connectivity index (χ4n) is 2.13. The second-order valence-corrected chi connectivity index (χ2v) is 5.45. The Labute approximate surface area is 130 Å². The molecule has 3 aromatic rings. The molecular weight excluding hydrogens is 330 g/mol. The van der Waals surface area contributed by atoms with Crippen molar-refractivity contribution in [3.63, 3.8) is 0 Å². The van der Waals surface area contributed by atoms with Crippen LogP contribution in [0.1, 0.15) is 10.4 Å². The van der Waals surface area contributed by atoms with Crippen molar-refractivity contribution in [3.8, 4) is 0 Å². The van der Waals surface area contributed by atoms with Crippen LogP contribution in [-0.2, 0) is 0 Å². The highest BCUT2D eigenvalue weighted by molar-refractivity contribution is 9.10. The molecule has 4 nitrogen and oxygen atoms in total. The van der Waals surface area contributed by atoms with Crippen molar-refractivity contribution in [3.05, 3.63) is 64.9 Å². The summed E-state index contributed by atoms with van der Waals surface area (Å²) in [5, 5.41) is 4.82. The summed E-state index contributed by atoms with van der Waals surface area (Å²) in [7, 11) is 0. The molecule has 1 aromatic heterocycles. The van der Waals surface area contributed by atoms with Gasteiger partial charge in [-0.25, -0.2) is 0 Å². The Morgan fingerprint density at radius 2 is 2.05 bits per heavy atom. The fraction of sp³-hybridized carbons (Fsp3) is 0. The molecule has 0 saturated heterocycles. The highest BCUT2D eigenvalue weighted by Crippen LogP contribution is 2.25. The van der Waals surface area contributed by atoms with Gasteiger partial charge in [-0.2, -0.15) is 0 Å². The van der Waals surface area contributed by atoms with Gasteiger partial charge in [0.15, 0.2) is 0 Å². The number of aromatic nitrogens is 1. The number of carbonyl (C=O) groups excluding carboxylic acids is 1. The zero-order valence-corrected chi connectivity index (χ0v) is 12.6. The van der Waals surface area contributed by atoms with Gasteiger partial charge < -0.3 is 11.1 Å². The summed E-state index contributed by atoms with van der Waals surface area (Å²) in [4.78, 5) is 16.5. The summed E-state index contributed by atoms with van der Waals surface area (Å²) in [6.45, 7) is 0. The first-order valence-electron chi connectivity index (χ1n) is 6.34. The molecule has 0 aliphatic carbocycles. The minimum absolute atomic E-state index is 0.217. The van der Waals surface area contributed by atoms with Crippen LogP contribution in [-0.4, -0.2) is 10.9 Å². The number of amides is 1. The third-order valence-corrected chi connectivity index (χ3v) is 3.86. The molecule has 0 radical (unpaired) electrons. The molecule has 0 aliphatic rings. The molecule has 5 heteroatoms. The molecule has 0 fully saturated rings. The molecule has 0 saturated carbocycles. The van der Waals surface area contributed by atoms with E-state index in [4.69, 9.17) is 5.73 Å². The summed E-state index contributed by atoms with van der Waals surface area (Å²) in [6, 6.07) is 12.8. The number of nitrogens with one attached hydrogen (secondary N) is 1. The van der Waals surface area contributed by atoms with Crippen molar-refractivity contribution in [2.75, 3.05) is 11.1 Å². The van der Waals surface area contributed by atoms with Crippen LogP contribution in [0.2, 0.25) is 0 Å². The zero-order chi connectivity index (χ0) is 14.8. The van der Waals surface area contributed by atoms with Gasteiger partial charge in [0.2, 0.25) is 0 Å². The number of benzene rings is 2. The Balaban J connectivity index is 1.99. The molecule has 104 valence electrons. The molecule has 0 aliphatic heterocycles. The molecule has 0 unspecified atom stereocenters. The molecule has 0 atom stereocenters. The van der Waals surface area contributed by atoms with Crippen LogP contribution in [0.5, 0.6) is 0 Å². The highest BCUT2D eigenvalue weighted by atomic mass is 79.9. The highest BCUT2D eigenvalue weighted by Gasteiger charge is 2.12. The SMILES string of the molecule is Nc1ccc(Br)c(C(=O)Nc2cccc3ccncc23)c1. The van der Waals surface area contributed by atoms with Crippen LogP contribution in [0.25, 0.3) is 10.8 Å². The van der Waals surface area contributed by atoms with E-state index in [-0.39, 0.29) is 5.91 Å². The third kappa shape index (κ3) is 2.73. The molecular formula is C16H12BrN3O. The van der Waals surface area contributed by atoms with Crippen LogP contribution in [0, 0.1) is 0 Å². The Kier molecular flexibility index (Phi) is 3.58. The molecule has 1 amide bonds. The van der Waals surface area contributed by atoms with Crippen LogP contribution >= 0.6 is 15.9 Å². The molecule has 3 rings (SSSR count). The minimum Gasteiger partial charge on any atom is -0.399 e. The summed E-state index contributed by atoms with van der Waals surface area (Å²) >= 11 is 3.37. The summed E-state index contributed by atoms with van der Waals surface area (Å²) in [5.41, 5.74) is 7.50. The lowest BCUT2D eigenvalue weighted by Crippen LogP contribution is -2.13. The monoisotopic (exact) mass is 341 g/mol. The van der Waals surface area contributed by atoms with Gasteiger partial charge in [-0.1, -0.05) is 12.1 Å². The molecule has 2 aromatic carbocycles. The number of anilines is 2. The van der Waals surface area contributed by atoms with Gasteiger partial charge in [-0.3, -0.25) is 9.78 Å². The largest absolute Gasteiger partial charge is 0.399 e. The van der Waals surface area contributed by atoms with Crippen molar-refractivity contribution in [2.24, 2.45) is 0 Å². The van der Waals surface area contributed by atoms with Crippen molar-refractivity contribution in [2.45, 2.75) is 0 Å². The van der Waals surface area contributed by atoms with E-state index in [1.54, 1.807) is 30.6 Å². The second-order valence-electron chi connectivity index (χ2n) is 4.60. The lowest BCUT2D eigenvalue weighted by Gasteiger charge is -2.10. The average molecular weight is 342 g/mol. The number of nitrogen functional groups attached to an aromatic ring is 1. The van der Waals surface area contributed by atoms with Gasteiger partial charge in [-0.15, -0.1) is 0 Å². The lowest BCUT2D eigenvalue weighted by atomic mass is 10.1. The fourth-order valence-corrected chi connectivity index (χ4v) is 2.56. The standard InChI is InChI=1S/C16H12BrN3O/c17-14-5-4-11(18)8-12(14)16(21)20-15-3-1-2-10-6-7-19-9-13(10)15/h1-9H,18H2,(H,20,21). The number of halogens is 1. The summed E-state index contributed by atoms with van der Waals surface area (Å²) in [5.74, 6) is -0.217. The maximum atomic E-state index is 12.4. The quantitative estimate of drug-likeness (QED) is 0.696. The first-order chi connectivity index (χ1) is 10.1. The zero-order valence-electron chi connectivity index (χ0n) is 11.0. The normalized spacial score (nSPS) is 10.5. The number of nitrogens with two attached hydrogens (primary N) is 1. The number of nitrogens with zero attached hydrogens (tertiary/aromatic N) is 1. The van der Waals surface area contributed by atoms with E-state index in [0.717, 1.165) is 16.5 Å². The van der Waals surface area contributed by atoms with Crippen molar-refractivity contribution in [1.29, 1.82) is 0 Å².